The highest BCUT2D eigenvalue weighted by Crippen LogP contribution is 2.40. The molecule has 0 saturated carbocycles. The van der Waals surface area contributed by atoms with Crippen LogP contribution in [0.1, 0.15) is 80.8 Å². The Bertz CT molecular complexity index is 4310. The summed E-state index contributed by atoms with van der Waals surface area (Å²) in [5.41, 5.74) is 1.83. The molecule has 0 spiro atoms. The number of rotatable bonds is 18. The lowest BCUT2D eigenvalue weighted by Crippen LogP contribution is -2.48. The minimum atomic E-state index is -4.76. The van der Waals surface area contributed by atoms with Crippen molar-refractivity contribution in [1.82, 2.24) is 34.2 Å². The van der Waals surface area contributed by atoms with Gasteiger partial charge in [0.25, 0.3) is 15.6 Å². The Morgan fingerprint density at radius 3 is 1.91 bits per heavy atom. The third kappa shape index (κ3) is 20.4. The number of urea groups is 1. The van der Waals surface area contributed by atoms with Crippen molar-refractivity contribution in [3.8, 4) is 11.8 Å². The van der Waals surface area contributed by atoms with E-state index in [1.807, 2.05) is 0 Å². The Morgan fingerprint density at radius 2 is 1.41 bits per heavy atom. The van der Waals surface area contributed by atoms with Crippen LogP contribution in [-0.4, -0.2) is 149 Å². The molecule has 0 saturated heterocycles. The summed E-state index contributed by atoms with van der Waals surface area (Å²) < 4.78 is 140. The van der Waals surface area contributed by atoms with E-state index in [1.54, 1.807) is 43.7 Å². The first-order valence-electron chi connectivity index (χ1n) is 25.8. The highest BCUT2D eigenvalue weighted by Gasteiger charge is 2.50. The summed E-state index contributed by atoms with van der Waals surface area (Å²) in [5, 5.41) is 19.6. The highest BCUT2D eigenvalue weighted by atomic mass is 35.5. The number of sulfonamides is 2. The first-order valence-corrected chi connectivity index (χ1v) is 32.6. The van der Waals surface area contributed by atoms with Crippen molar-refractivity contribution in [3.63, 3.8) is 0 Å². The molecule has 504 valence electrons. The average Bonchev–Trinajstić information content (AvgIpc) is 1.72. The number of anilines is 3. The topological polar surface area (TPSA) is 425 Å². The van der Waals surface area contributed by atoms with E-state index in [0.717, 1.165) is 36.2 Å². The quantitative estimate of drug-likeness (QED) is 0.0227. The molecule has 4 heterocycles. The van der Waals surface area contributed by atoms with Gasteiger partial charge in [-0.25, -0.2) is 68.7 Å². The highest BCUT2D eigenvalue weighted by molar-refractivity contribution is 7.91. The van der Waals surface area contributed by atoms with Crippen LogP contribution in [0.5, 0.6) is 11.8 Å². The number of carboxylic acids is 1. The molecule has 3 aromatic heterocycles. The fourth-order valence-corrected chi connectivity index (χ4v) is 11.1. The van der Waals surface area contributed by atoms with Crippen LogP contribution in [-0.2, 0) is 73.5 Å². The third-order valence-electron chi connectivity index (χ3n) is 12.0. The number of nitrogens with one attached hydrogen (secondary N) is 4. The average molecular weight is 1450 g/mol. The van der Waals surface area contributed by atoms with Gasteiger partial charge in [0.1, 0.15) is 21.3 Å². The van der Waals surface area contributed by atoms with E-state index in [1.165, 1.54) is 51.4 Å². The molecule has 1 aliphatic heterocycles. The number of carboxylic acid groups (broad SMARTS) is 1. The maximum atomic E-state index is 12.9. The number of ether oxygens (including phenoxy) is 5. The lowest BCUT2D eigenvalue weighted by molar-refractivity contribution is -0.148. The van der Waals surface area contributed by atoms with E-state index in [9.17, 15) is 72.0 Å². The van der Waals surface area contributed by atoms with E-state index >= 15 is 0 Å². The molecule has 93 heavy (non-hydrogen) atoms. The van der Waals surface area contributed by atoms with E-state index in [4.69, 9.17) is 76.2 Å². The predicted molar refractivity (Wildman–Crippen MR) is 331 cm³/mol. The fraction of sp³-hybridized carbons (Fsp3) is 0.302. The Balaban J connectivity index is 0.000000276. The fourth-order valence-electron chi connectivity index (χ4n) is 7.72. The van der Waals surface area contributed by atoms with Crippen LogP contribution >= 0.6 is 46.4 Å². The maximum absolute atomic E-state index is 12.9. The lowest BCUT2D eigenvalue weighted by atomic mass is 9.95. The second-order valence-electron chi connectivity index (χ2n) is 18.9. The van der Waals surface area contributed by atoms with E-state index in [-0.39, 0.29) is 93.5 Å². The number of amides is 2. The number of carbonyl (C=O) groups excluding carboxylic acids is 5. The van der Waals surface area contributed by atoms with Gasteiger partial charge in [0, 0.05) is 42.5 Å². The van der Waals surface area contributed by atoms with Gasteiger partial charge in [-0.05, 0) is 87.9 Å². The van der Waals surface area contributed by atoms with E-state index < -0.39 is 104 Å². The van der Waals surface area contributed by atoms with Crippen molar-refractivity contribution < 1.29 is 96.0 Å². The van der Waals surface area contributed by atoms with Crippen molar-refractivity contribution in [2.24, 2.45) is 12.1 Å². The molecule has 30 nitrogen and oxygen atoms in total. The van der Waals surface area contributed by atoms with Gasteiger partial charge in [-0.1, -0.05) is 52.5 Å². The molecule has 40 heteroatoms. The number of ketones is 1. The van der Waals surface area contributed by atoms with Gasteiger partial charge in [0.2, 0.25) is 33.5 Å². The second-order valence-corrected chi connectivity index (χ2v) is 26.0. The van der Waals surface area contributed by atoms with Crippen LogP contribution < -0.4 is 40.5 Å². The predicted octanol–water partition coefficient (Wildman–Crippen LogP) is 6.63. The normalized spacial score (nSPS) is 13.6. The molecule has 1 atom stereocenters. The van der Waals surface area contributed by atoms with Crippen LogP contribution in [0, 0.1) is 6.92 Å². The van der Waals surface area contributed by atoms with Crippen molar-refractivity contribution in [2.45, 2.75) is 62.2 Å². The van der Waals surface area contributed by atoms with Crippen LogP contribution in [0.15, 0.2) is 86.4 Å². The number of benzene rings is 3. The Labute approximate surface area is 547 Å². The first-order chi connectivity index (χ1) is 43.1. The number of carbonyl (C=O) groups is 6. The Morgan fingerprint density at radius 1 is 0.806 bits per heavy atom. The van der Waals surface area contributed by atoms with Gasteiger partial charge < -0.3 is 34.5 Å². The molecule has 1 aliphatic rings. The van der Waals surface area contributed by atoms with Gasteiger partial charge >= 0.3 is 36.1 Å². The van der Waals surface area contributed by atoms with Crippen LogP contribution in [0.25, 0.3) is 0 Å². The molecule has 0 bridgehead atoms. The van der Waals surface area contributed by atoms with Crippen LogP contribution in [0.3, 0.4) is 0 Å². The van der Waals surface area contributed by atoms with Crippen molar-refractivity contribution in [2.75, 3.05) is 63.1 Å². The van der Waals surface area contributed by atoms with Crippen molar-refractivity contribution in [3.05, 3.63) is 137 Å². The maximum Gasteiger partial charge on any atom is 0.416 e. The van der Waals surface area contributed by atoms with Crippen LogP contribution in [0.2, 0.25) is 20.2 Å². The number of alkyl halides is 3. The minimum absolute atomic E-state index is 0.00861. The van der Waals surface area contributed by atoms with Crippen molar-refractivity contribution in [1.29, 1.82) is 0 Å². The molecule has 0 aliphatic carbocycles. The number of H-pyrrole nitrogens is 1. The van der Waals surface area contributed by atoms with Gasteiger partial charge in [0.05, 0.1) is 84.3 Å². The molecule has 7 N–H and O–H groups in total. The number of hydrogen-bond acceptors (Lipinski definition) is 24. The van der Waals surface area contributed by atoms with Gasteiger partial charge in [-0.2, -0.15) is 28.2 Å². The number of nitrogen functional groups attached to an aromatic ring is 1. The standard InChI is InChI=1S/C17H21N5O9S2.C16H18Cl2N2O4.C14H13F3N2O4S.C6H4Cl2N2O2/c1-29-13-8-14(30-2)20-16(19-13)21-17(24)22-33(27,28)12-7-10(9-18-32(4,25)26)5-6-11(12)15(23)31-3;1-4-23-14(21)12-9-16(3,15(22)24-5-2)20(19-12)13-7-6-10(17)8-11(13)18;1-7-11(13(21)19(2)18-7)12(20)9-5-4-8(14(15,16)17)6-10(9)24(3,22)23;7-3-1-2(9)4(8)5(10-3)6(11)12/h5-8,18H,9H2,1-4H3,(H2,19,20,21,22,24);6-8H,4-5,9H2,1-3H3;4-6,18H,1-3H3;1H,(H2,9,10)(H,11,12). The summed E-state index contributed by atoms with van der Waals surface area (Å²) in [5.74, 6) is -4.51. The number of esters is 3. The molecular weight excluding hydrogens is 1390 g/mol. The molecule has 0 radical (unpaired) electrons. The number of aromatic nitrogens is 5. The summed E-state index contributed by atoms with van der Waals surface area (Å²) in [7, 11) is -7.30. The van der Waals surface area contributed by atoms with Crippen molar-refractivity contribution >= 4 is 135 Å². The molecular formula is C53H56Cl4F3N11O19S3. The van der Waals surface area contributed by atoms with E-state index in [0.29, 0.717) is 34.1 Å². The molecule has 2 amide bonds. The first kappa shape index (κ1) is 76.8. The summed E-state index contributed by atoms with van der Waals surface area (Å²) in [6.07, 6.45) is -3.08. The lowest BCUT2D eigenvalue weighted by Gasteiger charge is -2.32. The Hall–Kier alpha value is -8.65. The zero-order valence-electron chi connectivity index (χ0n) is 50.1. The Kier molecular flexibility index (Phi) is 26.3. The summed E-state index contributed by atoms with van der Waals surface area (Å²) in [6.45, 7) is 6.66. The molecule has 6 aromatic rings. The smallest absolute Gasteiger partial charge is 0.416 e. The number of sulfone groups is 1. The van der Waals surface area contributed by atoms with Crippen LogP contribution in [0.4, 0.5) is 35.3 Å². The zero-order chi connectivity index (χ0) is 70.5. The molecule has 7 rings (SSSR count). The minimum Gasteiger partial charge on any atom is -0.481 e. The molecule has 1 unspecified atom stereocenters. The SMILES string of the molecule is CCOC(=O)C1=NN(c2ccc(Cl)cc2Cl)C(C)(C(=O)OCC)C1.COC(=O)c1ccc(CNS(C)(=O)=O)cc1S(=O)(=O)NC(=O)Nc1nc(OC)cc(OC)n1.Cc1[nH]n(C)c(=O)c1C(=O)c1ccc(C(F)(F)F)cc1S(C)(=O)=O.Nc1cc(Cl)nc(C(=O)O)c1Cl. The zero-order valence-corrected chi connectivity index (χ0v) is 55.6. The summed E-state index contributed by atoms with van der Waals surface area (Å²) >= 11 is 23.2. The monoisotopic (exact) mass is 1440 g/mol. The molecule has 0 fully saturated rings. The number of pyridine rings is 1. The number of nitrogens with two attached hydrogens (primary N) is 1. The second kappa shape index (κ2) is 31.8. The largest absolute Gasteiger partial charge is 0.481 e. The number of aromatic carboxylic acids is 1. The van der Waals surface area contributed by atoms with Gasteiger partial charge in [0.15, 0.2) is 21.1 Å². The number of hydrogen-bond donors (Lipinski definition) is 6. The number of halogens is 7. The van der Waals surface area contributed by atoms with Gasteiger partial charge in [-0.15, -0.1) is 0 Å². The van der Waals surface area contributed by atoms with E-state index in [2.05, 4.69) is 39.9 Å². The summed E-state index contributed by atoms with van der Waals surface area (Å²) in [6, 6.07) is 11.5. The third-order valence-corrected chi connectivity index (χ3v) is 16.3. The molecule has 3 aromatic carbocycles. The number of hydrazone groups is 1. The number of methoxy groups -OCH3 is 3. The number of aromatic amines is 1. The summed E-state index contributed by atoms with van der Waals surface area (Å²) in [4.78, 5) is 93.7. The van der Waals surface area contributed by atoms with Gasteiger partial charge in [-0.3, -0.25) is 24.7 Å². The number of nitrogens with zero attached hydrogens (tertiary/aromatic N) is 6. The number of aryl methyl sites for hydroxylation is 2.